The summed E-state index contributed by atoms with van der Waals surface area (Å²) in [4.78, 5) is 4.24. The fourth-order valence-corrected chi connectivity index (χ4v) is 1.93. The van der Waals surface area contributed by atoms with E-state index >= 15 is 0 Å². The summed E-state index contributed by atoms with van der Waals surface area (Å²) in [5.41, 5.74) is 10.7. The smallest absolute Gasteiger partial charge is 0.186 e. The Balaban J connectivity index is 2.58. The molecule has 0 unspecified atom stereocenters. The van der Waals surface area contributed by atoms with Crippen LogP contribution in [0.4, 0.5) is 0 Å². The molecule has 3 heteroatoms. The average molecular weight is 169 g/mol. The van der Waals surface area contributed by atoms with E-state index < -0.39 is 0 Å². The summed E-state index contributed by atoms with van der Waals surface area (Å²) >= 11 is 0. The summed E-state index contributed by atoms with van der Waals surface area (Å²) in [5, 5.41) is 0. The lowest BCUT2D eigenvalue weighted by molar-refractivity contribution is 0.241. The van der Waals surface area contributed by atoms with Crippen molar-refractivity contribution in [2.75, 3.05) is 0 Å². The molecule has 1 aliphatic carbocycles. The maximum Gasteiger partial charge on any atom is 0.186 e. The maximum atomic E-state index is 5.36. The Hall–Kier alpha value is -0.730. The standard InChI is InChI=1S/C9H19N3/c1-6-4-3-5-8(7(6)2)12-9(10)11/h6-8H,3-5H2,1-2H3,(H4,10,11,12)/t6-,7+,8+/m1/s1. The molecule has 4 N–H and O–H groups in total. The number of nitrogens with two attached hydrogens (primary N) is 2. The number of rotatable bonds is 1. The second kappa shape index (κ2) is 3.78. The average Bonchev–Trinajstić information content (AvgIpc) is 1.98. The fraction of sp³-hybridized carbons (Fsp3) is 0.889. The molecule has 3 nitrogen and oxygen atoms in total. The van der Waals surface area contributed by atoms with Crippen molar-refractivity contribution in [1.82, 2.24) is 0 Å². The van der Waals surface area contributed by atoms with E-state index in [1.54, 1.807) is 0 Å². The van der Waals surface area contributed by atoms with E-state index in [2.05, 4.69) is 18.8 Å². The van der Waals surface area contributed by atoms with Crippen LogP contribution in [-0.2, 0) is 0 Å². The first-order valence-corrected chi connectivity index (χ1v) is 4.70. The lowest BCUT2D eigenvalue weighted by atomic mass is 9.78. The zero-order valence-corrected chi connectivity index (χ0v) is 7.96. The second-order valence-corrected chi connectivity index (χ2v) is 3.89. The van der Waals surface area contributed by atoms with Crippen molar-refractivity contribution in [1.29, 1.82) is 0 Å². The minimum absolute atomic E-state index is 0.237. The van der Waals surface area contributed by atoms with E-state index in [0.717, 1.165) is 12.3 Å². The lowest BCUT2D eigenvalue weighted by Crippen LogP contribution is -2.32. The molecule has 12 heavy (non-hydrogen) atoms. The molecule has 0 aromatic heterocycles. The highest BCUT2D eigenvalue weighted by Crippen LogP contribution is 2.31. The summed E-state index contributed by atoms with van der Waals surface area (Å²) < 4.78 is 0. The number of guanidine groups is 1. The highest BCUT2D eigenvalue weighted by molar-refractivity contribution is 5.75. The molecule has 0 aromatic rings. The van der Waals surface area contributed by atoms with E-state index in [-0.39, 0.29) is 5.96 Å². The number of hydrogen-bond donors (Lipinski definition) is 2. The van der Waals surface area contributed by atoms with Gasteiger partial charge in [0.2, 0.25) is 0 Å². The molecule has 0 amide bonds. The van der Waals surface area contributed by atoms with Gasteiger partial charge in [0.15, 0.2) is 5.96 Å². The molecule has 1 fully saturated rings. The normalized spacial score (nSPS) is 36.0. The van der Waals surface area contributed by atoms with Crippen LogP contribution in [0.1, 0.15) is 33.1 Å². The van der Waals surface area contributed by atoms with Gasteiger partial charge in [-0.2, -0.15) is 0 Å². The van der Waals surface area contributed by atoms with Gasteiger partial charge in [0.05, 0.1) is 6.04 Å². The first-order chi connectivity index (χ1) is 5.61. The predicted molar refractivity (Wildman–Crippen MR) is 51.8 cm³/mol. The molecule has 1 rings (SSSR count). The van der Waals surface area contributed by atoms with Crippen LogP contribution in [0, 0.1) is 11.8 Å². The summed E-state index contributed by atoms with van der Waals surface area (Å²) in [5.74, 6) is 1.62. The molecule has 0 heterocycles. The van der Waals surface area contributed by atoms with E-state index in [4.69, 9.17) is 11.5 Å². The number of aliphatic imine (C=N–C) groups is 1. The maximum absolute atomic E-state index is 5.36. The van der Waals surface area contributed by atoms with Gasteiger partial charge >= 0.3 is 0 Å². The minimum atomic E-state index is 0.237. The Kier molecular flexibility index (Phi) is 2.95. The molecule has 0 aliphatic heterocycles. The highest BCUT2D eigenvalue weighted by atomic mass is 15.0. The van der Waals surface area contributed by atoms with Crippen LogP contribution in [0.5, 0.6) is 0 Å². The summed E-state index contributed by atoms with van der Waals surface area (Å²) in [7, 11) is 0. The van der Waals surface area contributed by atoms with Crippen LogP contribution in [0.3, 0.4) is 0 Å². The molecule has 0 bridgehead atoms. The van der Waals surface area contributed by atoms with E-state index in [1.165, 1.54) is 12.8 Å². The van der Waals surface area contributed by atoms with E-state index in [9.17, 15) is 0 Å². The van der Waals surface area contributed by atoms with Crippen molar-refractivity contribution >= 4 is 5.96 Å². The Morgan fingerprint density at radius 2 is 1.92 bits per heavy atom. The Morgan fingerprint density at radius 3 is 2.50 bits per heavy atom. The van der Waals surface area contributed by atoms with E-state index in [0.29, 0.717) is 12.0 Å². The summed E-state index contributed by atoms with van der Waals surface area (Å²) in [6, 6.07) is 0.360. The number of hydrogen-bond acceptors (Lipinski definition) is 1. The molecule has 1 aliphatic rings. The van der Waals surface area contributed by atoms with Crippen molar-refractivity contribution in [3.8, 4) is 0 Å². The Morgan fingerprint density at radius 1 is 1.25 bits per heavy atom. The van der Waals surface area contributed by atoms with Crippen LogP contribution in [0.15, 0.2) is 4.99 Å². The zero-order valence-electron chi connectivity index (χ0n) is 7.96. The monoisotopic (exact) mass is 169 g/mol. The van der Waals surface area contributed by atoms with Gasteiger partial charge in [-0.05, 0) is 18.3 Å². The van der Waals surface area contributed by atoms with Gasteiger partial charge in [-0.1, -0.05) is 26.7 Å². The molecule has 3 atom stereocenters. The third-order valence-corrected chi connectivity index (χ3v) is 2.98. The largest absolute Gasteiger partial charge is 0.370 e. The first-order valence-electron chi connectivity index (χ1n) is 4.70. The van der Waals surface area contributed by atoms with Gasteiger partial charge in [0.1, 0.15) is 0 Å². The van der Waals surface area contributed by atoms with Gasteiger partial charge in [0, 0.05) is 0 Å². The van der Waals surface area contributed by atoms with Crippen molar-refractivity contribution in [2.24, 2.45) is 28.3 Å². The molecule has 1 saturated carbocycles. The molecule has 0 radical (unpaired) electrons. The Bertz CT molecular complexity index is 173. The van der Waals surface area contributed by atoms with Crippen molar-refractivity contribution < 1.29 is 0 Å². The van der Waals surface area contributed by atoms with Crippen molar-refractivity contribution in [2.45, 2.75) is 39.2 Å². The van der Waals surface area contributed by atoms with Gasteiger partial charge in [0.25, 0.3) is 0 Å². The molecular formula is C9H19N3. The minimum Gasteiger partial charge on any atom is -0.370 e. The van der Waals surface area contributed by atoms with Gasteiger partial charge < -0.3 is 11.5 Å². The molecular weight excluding hydrogens is 150 g/mol. The van der Waals surface area contributed by atoms with Gasteiger partial charge in [-0.25, -0.2) is 0 Å². The van der Waals surface area contributed by atoms with Crippen molar-refractivity contribution in [3.63, 3.8) is 0 Å². The van der Waals surface area contributed by atoms with E-state index in [1.807, 2.05) is 0 Å². The molecule has 0 spiro atoms. The predicted octanol–water partition coefficient (Wildman–Crippen LogP) is 1.08. The third kappa shape index (κ3) is 2.13. The van der Waals surface area contributed by atoms with Crippen LogP contribution < -0.4 is 11.5 Å². The highest BCUT2D eigenvalue weighted by Gasteiger charge is 2.26. The van der Waals surface area contributed by atoms with Crippen LogP contribution in [0.25, 0.3) is 0 Å². The zero-order chi connectivity index (χ0) is 9.14. The lowest BCUT2D eigenvalue weighted by Gasteiger charge is -2.31. The SMILES string of the molecule is C[C@H]1[C@H](C)CCC[C@@H]1N=C(N)N. The third-order valence-electron chi connectivity index (χ3n) is 2.98. The van der Waals surface area contributed by atoms with Crippen LogP contribution in [-0.4, -0.2) is 12.0 Å². The van der Waals surface area contributed by atoms with Gasteiger partial charge in [-0.15, -0.1) is 0 Å². The molecule has 0 aromatic carbocycles. The summed E-state index contributed by atoms with van der Waals surface area (Å²) in [6.45, 7) is 4.51. The first kappa shape index (κ1) is 9.36. The van der Waals surface area contributed by atoms with Crippen LogP contribution in [0.2, 0.25) is 0 Å². The topological polar surface area (TPSA) is 64.4 Å². The fourth-order valence-electron chi connectivity index (χ4n) is 1.93. The molecule has 70 valence electrons. The quantitative estimate of drug-likeness (QED) is 0.456. The second-order valence-electron chi connectivity index (χ2n) is 3.89. The number of nitrogens with zero attached hydrogens (tertiary/aromatic N) is 1. The Labute approximate surface area is 74.2 Å². The summed E-state index contributed by atoms with van der Waals surface area (Å²) in [6.07, 6.45) is 3.72. The van der Waals surface area contributed by atoms with Crippen molar-refractivity contribution in [3.05, 3.63) is 0 Å². The van der Waals surface area contributed by atoms with Gasteiger partial charge in [-0.3, -0.25) is 4.99 Å². The van der Waals surface area contributed by atoms with Crippen LogP contribution >= 0.6 is 0 Å². The molecule has 0 saturated heterocycles.